The molecule has 166 valence electrons. The molecule has 3 aliphatic heterocycles. The number of pyridine rings is 1. The molecule has 0 spiro atoms. The maximum atomic E-state index is 13.1. The quantitative estimate of drug-likeness (QED) is 0.427. The highest BCUT2D eigenvalue weighted by molar-refractivity contribution is 6.46. The zero-order chi connectivity index (χ0) is 22.1. The summed E-state index contributed by atoms with van der Waals surface area (Å²) in [5, 5.41) is 11.1. The van der Waals surface area contributed by atoms with Crippen molar-refractivity contribution in [3.05, 3.63) is 59.4 Å². The lowest BCUT2D eigenvalue weighted by Crippen LogP contribution is -2.42. The third-order valence-corrected chi connectivity index (χ3v) is 5.91. The Morgan fingerprint density at radius 2 is 1.88 bits per heavy atom. The van der Waals surface area contributed by atoms with Crippen LogP contribution in [0, 0.1) is 0 Å². The summed E-state index contributed by atoms with van der Waals surface area (Å²) in [6.45, 7) is 3.87. The van der Waals surface area contributed by atoms with Crippen molar-refractivity contribution in [1.82, 2.24) is 14.8 Å². The summed E-state index contributed by atoms with van der Waals surface area (Å²) >= 11 is 0. The molecular weight excluding hydrogens is 414 g/mol. The van der Waals surface area contributed by atoms with Gasteiger partial charge >= 0.3 is 0 Å². The van der Waals surface area contributed by atoms with Crippen LogP contribution in [-0.4, -0.2) is 77.8 Å². The minimum Gasteiger partial charge on any atom is -0.507 e. The van der Waals surface area contributed by atoms with Gasteiger partial charge in [-0.05, 0) is 30.3 Å². The van der Waals surface area contributed by atoms with Gasteiger partial charge in [0.2, 0.25) is 6.79 Å². The molecule has 9 heteroatoms. The molecule has 9 nitrogen and oxygen atoms in total. The largest absolute Gasteiger partial charge is 0.507 e. The first-order valence-corrected chi connectivity index (χ1v) is 10.5. The van der Waals surface area contributed by atoms with E-state index in [2.05, 4.69) is 9.88 Å². The van der Waals surface area contributed by atoms with E-state index in [0.29, 0.717) is 49.1 Å². The van der Waals surface area contributed by atoms with E-state index < -0.39 is 17.7 Å². The number of carbonyl (C=O) groups is 2. The highest BCUT2D eigenvalue weighted by atomic mass is 16.7. The van der Waals surface area contributed by atoms with Crippen molar-refractivity contribution in [3.63, 3.8) is 0 Å². The summed E-state index contributed by atoms with van der Waals surface area (Å²) in [4.78, 5) is 34.2. The van der Waals surface area contributed by atoms with Gasteiger partial charge in [0.25, 0.3) is 11.7 Å². The Morgan fingerprint density at radius 3 is 2.66 bits per heavy atom. The van der Waals surface area contributed by atoms with Crippen LogP contribution in [0.3, 0.4) is 0 Å². The van der Waals surface area contributed by atoms with Crippen LogP contribution in [0.5, 0.6) is 11.5 Å². The number of rotatable bonds is 5. The molecule has 0 aliphatic carbocycles. The normalized spacial score (nSPS) is 22.5. The number of hydrogen-bond acceptors (Lipinski definition) is 8. The first-order valence-electron chi connectivity index (χ1n) is 10.5. The smallest absolute Gasteiger partial charge is 0.295 e. The zero-order valence-electron chi connectivity index (χ0n) is 17.4. The van der Waals surface area contributed by atoms with Crippen LogP contribution in [0.1, 0.15) is 17.3 Å². The lowest BCUT2D eigenvalue weighted by atomic mass is 9.98. The summed E-state index contributed by atoms with van der Waals surface area (Å²) in [5.74, 6) is -0.584. The number of aliphatic hydroxyl groups is 1. The van der Waals surface area contributed by atoms with Gasteiger partial charge in [-0.25, -0.2) is 0 Å². The van der Waals surface area contributed by atoms with Gasteiger partial charge in [0.05, 0.1) is 24.5 Å². The summed E-state index contributed by atoms with van der Waals surface area (Å²) in [5.41, 5.74) is 0.923. The molecule has 32 heavy (non-hydrogen) atoms. The Morgan fingerprint density at radius 1 is 1.06 bits per heavy atom. The second-order valence-corrected chi connectivity index (χ2v) is 7.77. The number of carbonyl (C=O) groups excluding carboxylic acids is 2. The van der Waals surface area contributed by atoms with E-state index in [-0.39, 0.29) is 18.1 Å². The van der Waals surface area contributed by atoms with Crippen LogP contribution < -0.4 is 9.47 Å². The van der Waals surface area contributed by atoms with Gasteiger partial charge in [0.15, 0.2) is 11.5 Å². The Bertz CT molecular complexity index is 1060. The first kappa shape index (κ1) is 20.5. The number of aromatic nitrogens is 1. The second kappa shape index (κ2) is 8.60. The van der Waals surface area contributed by atoms with Crippen molar-refractivity contribution in [2.75, 3.05) is 46.2 Å². The van der Waals surface area contributed by atoms with E-state index in [0.717, 1.165) is 13.1 Å². The zero-order valence-corrected chi connectivity index (χ0v) is 17.4. The molecule has 0 saturated carbocycles. The summed E-state index contributed by atoms with van der Waals surface area (Å²) in [6.07, 6.45) is 1.61. The predicted octanol–water partition coefficient (Wildman–Crippen LogP) is 1.56. The van der Waals surface area contributed by atoms with Crippen molar-refractivity contribution < 1.29 is 28.9 Å². The standard InChI is InChI=1S/C23H23N3O6/c27-21(15-4-5-17-18(13-15)32-14-31-17)19-20(16-3-1-2-6-24-16)26(23(29)22(19)28)8-7-25-9-11-30-12-10-25/h1-6,13,20,27H,7-12,14H2. The van der Waals surface area contributed by atoms with Crippen LogP contribution >= 0.6 is 0 Å². The molecular formula is C23H23N3O6. The number of benzene rings is 1. The van der Waals surface area contributed by atoms with Gasteiger partial charge in [-0.2, -0.15) is 0 Å². The number of nitrogens with zero attached hydrogens (tertiary/aromatic N) is 3. The molecule has 0 radical (unpaired) electrons. The Kier molecular flexibility index (Phi) is 5.50. The average Bonchev–Trinajstić information content (AvgIpc) is 3.40. The topological polar surface area (TPSA) is 101 Å². The van der Waals surface area contributed by atoms with Gasteiger partial charge in [0.1, 0.15) is 11.8 Å². The van der Waals surface area contributed by atoms with E-state index in [4.69, 9.17) is 14.2 Å². The molecule has 2 saturated heterocycles. The fourth-order valence-corrected chi connectivity index (χ4v) is 4.23. The van der Waals surface area contributed by atoms with E-state index >= 15 is 0 Å². The number of amides is 1. The number of aliphatic hydroxyl groups excluding tert-OH is 1. The molecule has 1 aromatic carbocycles. The molecule has 3 aliphatic rings. The van der Waals surface area contributed by atoms with Gasteiger partial charge in [-0.3, -0.25) is 19.5 Å². The lowest BCUT2D eigenvalue weighted by molar-refractivity contribution is -0.140. The maximum absolute atomic E-state index is 13.1. The number of likely N-dealkylation sites (tertiary alicyclic amines) is 1. The maximum Gasteiger partial charge on any atom is 0.295 e. The summed E-state index contributed by atoms with van der Waals surface area (Å²) in [6, 6.07) is 9.45. The fourth-order valence-electron chi connectivity index (χ4n) is 4.23. The number of morpholine rings is 1. The van der Waals surface area contributed by atoms with Crippen molar-refractivity contribution in [3.8, 4) is 11.5 Å². The van der Waals surface area contributed by atoms with Gasteiger partial charge in [-0.15, -0.1) is 0 Å². The van der Waals surface area contributed by atoms with Crippen molar-refractivity contribution in [2.24, 2.45) is 0 Å². The van der Waals surface area contributed by atoms with Gasteiger partial charge in [-0.1, -0.05) is 6.07 Å². The second-order valence-electron chi connectivity index (χ2n) is 7.77. The number of ketones is 1. The summed E-state index contributed by atoms with van der Waals surface area (Å²) < 4.78 is 16.1. The summed E-state index contributed by atoms with van der Waals surface area (Å²) in [7, 11) is 0. The van der Waals surface area contributed by atoms with Crippen LogP contribution in [-0.2, 0) is 14.3 Å². The molecule has 2 aromatic rings. The molecule has 1 unspecified atom stereocenters. The third-order valence-electron chi connectivity index (χ3n) is 5.91. The minimum absolute atomic E-state index is 0.0227. The fraction of sp³-hybridized carbons (Fsp3) is 0.348. The number of fused-ring (bicyclic) bond motifs is 1. The van der Waals surface area contributed by atoms with Crippen LogP contribution in [0.2, 0.25) is 0 Å². The Balaban J connectivity index is 1.52. The molecule has 1 aromatic heterocycles. The molecule has 1 atom stereocenters. The van der Waals surface area contributed by atoms with Gasteiger partial charge < -0.3 is 24.2 Å². The van der Waals surface area contributed by atoms with Crippen LogP contribution in [0.25, 0.3) is 5.76 Å². The number of ether oxygens (including phenoxy) is 3. The lowest BCUT2D eigenvalue weighted by Gasteiger charge is -2.30. The Labute approximate surface area is 184 Å². The number of hydrogen-bond donors (Lipinski definition) is 1. The highest BCUT2D eigenvalue weighted by Crippen LogP contribution is 2.40. The Hall–Kier alpha value is -3.43. The highest BCUT2D eigenvalue weighted by Gasteiger charge is 2.46. The molecule has 2 fully saturated rings. The molecule has 1 amide bonds. The molecule has 1 N–H and O–H groups in total. The van der Waals surface area contributed by atoms with Crippen molar-refractivity contribution in [1.29, 1.82) is 0 Å². The predicted molar refractivity (Wildman–Crippen MR) is 113 cm³/mol. The average molecular weight is 437 g/mol. The molecule has 5 rings (SSSR count). The van der Waals surface area contributed by atoms with E-state index in [9.17, 15) is 14.7 Å². The van der Waals surface area contributed by atoms with E-state index in [1.165, 1.54) is 4.90 Å². The van der Waals surface area contributed by atoms with E-state index in [1.54, 1.807) is 42.6 Å². The SMILES string of the molecule is O=C1C(=O)N(CCN2CCOCC2)C(c2ccccn2)C1=C(O)c1ccc2c(c1)OCO2. The van der Waals surface area contributed by atoms with Crippen molar-refractivity contribution in [2.45, 2.75) is 6.04 Å². The third kappa shape index (κ3) is 3.69. The van der Waals surface area contributed by atoms with E-state index in [1.807, 2.05) is 0 Å². The van der Waals surface area contributed by atoms with Crippen LogP contribution in [0.4, 0.5) is 0 Å². The number of Topliss-reactive ketones (excluding diaryl/α,β-unsaturated/α-hetero) is 1. The molecule has 4 heterocycles. The molecule has 0 bridgehead atoms. The minimum atomic E-state index is -0.775. The van der Waals surface area contributed by atoms with Crippen molar-refractivity contribution >= 4 is 17.4 Å². The van der Waals surface area contributed by atoms with Crippen LogP contribution in [0.15, 0.2) is 48.2 Å². The van der Waals surface area contributed by atoms with Gasteiger partial charge in [0, 0.05) is 37.9 Å². The first-order chi connectivity index (χ1) is 15.6. The monoisotopic (exact) mass is 437 g/mol.